The third-order valence-corrected chi connectivity index (χ3v) is 6.70. The number of thioether (sulfide) groups is 1. The lowest BCUT2D eigenvalue weighted by molar-refractivity contribution is -0.128. The molecule has 0 spiro atoms. The highest BCUT2D eigenvalue weighted by Gasteiger charge is 2.32. The molecule has 3 amide bonds. The Morgan fingerprint density at radius 2 is 1.68 bits per heavy atom. The van der Waals surface area contributed by atoms with Gasteiger partial charge in [-0.25, -0.2) is 0 Å². The number of rotatable bonds is 8. The molecule has 0 saturated carbocycles. The van der Waals surface area contributed by atoms with Crippen molar-refractivity contribution < 1.29 is 14.4 Å². The number of nitrogens with zero attached hydrogens (tertiary/aromatic N) is 1. The molecule has 0 radical (unpaired) electrons. The Hall–Kier alpha value is -3.84. The Morgan fingerprint density at radius 1 is 0.971 bits per heavy atom. The topological polar surface area (TPSA) is 78.5 Å². The van der Waals surface area contributed by atoms with Crippen LogP contribution in [0.25, 0.3) is 0 Å². The Labute approximate surface area is 203 Å². The summed E-state index contributed by atoms with van der Waals surface area (Å²) in [6.07, 6.45) is 1.60. The smallest absolute Gasteiger partial charge is 0.255 e. The van der Waals surface area contributed by atoms with Crippen LogP contribution in [0.1, 0.15) is 37.2 Å². The highest BCUT2D eigenvalue weighted by molar-refractivity contribution is 8.00. The molecule has 172 valence electrons. The highest BCUT2D eigenvalue weighted by Crippen LogP contribution is 2.39. The van der Waals surface area contributed by atoms with Crippen molar-refractivity contribution in [2.45, 2.75) is 11.9 Å². The fraction of sp³-hybridized carbons (Fsp3) is 0.148. The number of hydrogen-bond acceptors (Lipinski definition) is 4. The van der Waals surface area contributed by atoms with Crippen molar-refractivity contribution >= 4 is 35.2 Å². The van der Waals surface area contributed by atoms with Gasteiger partial charge < -0.3 is 15.5 Å². The molecule has 3 aromatic carbocycles. The second-order valence-corrected chi connectivity index (χ2v) is 8.86. The van der Waals surface area contributed by atoms with Gasteiger partial charge in [-0.3, -0.25) is 14.4 Å². The van der Waals surface area contributed by atoms with E-state index in [1.807, 2.05) is 47.4 Å². The van der Waals surface area contributed by atoms with Crippen LogP contribution >= 0.6 is 11.8 Å². The predicted molar refractivity (Wildman–Crippen MR) is 136 cm³/mol. The first-order valence-electron chi connectivity index (χ1n) is 10.9. The first-order chi connectivity index (χ1) is 16.6. The highest BCUT2D eigenvalue weighted by atomic mass is 32.2. The molecule has 0 aromatic heterocycles. The van der Waals surface area contributed by atoms with E-state index in [2.05, 4.69) is 17.2 Å². The van der Waals surface area contributed by atoms with Crippen molar-refractivity contribution in [1.82, 2.24) is 10.2 Å². The number of hydrogen-bond donors (Lipinski definition) is 2. The van der Waals surface area contributed by atoms with E-state index in [0.717, 1.165) is 11.1 Å². The standard InChI is InChI=1S/C27H25N3O3S/c1-2-16-28-26(33)22-10-6-7-11-23(22)29-25(32)20-12-14-21(15-13-20)27-30(24(31)18-34-27)17-19-8-4-3-5-9-19/h2-15,27H,1,16-18H2,(H,28,33)(H,29,32)/t27-/m0/s1. The summed E-state index contributed by atoms with van der Waals surface area (Å²) in [4.78, 5) is 39.6. The van der Waals surface area contributed by atoms with Crippen molar-refractivity contribution in [3.63, 3.8) is 0 Å². The number of nitrogens with one attached hydrogen (secondary N) is 2. The second kappa shape index (κ2) is 10.9. The molecule has 0 aliphatic carbocycles. The molecule has 7 heteroatoms. The lowest BCUT2D eigenvalue weighted by Crippen LogP contribution is -2.27. The van der Waals surface area contributed by atoms with Crippen molar-refractivity contribution in [1.29, 1.82) is 0 Å². The summed E-state index contributed by atoms with van der Waals surface area (Å²) in [5.74, 6) is -0.0591. The molecular formula is C27H25N3O3S. The Bertz CT molecular complexity index is 1200. The minimum atomic E-state index is -0.313. The first-order valence-corrected chi connectivity index (χ1v) is 12.0. The van der Waals surface area contributed by atoms with Crippen LogP contribution in [0.2, 0.25) is 0 Å². The summed E-state index contributed by atoms with van der Waals surface area (Å²) in [7, 11) is 0. The van der Waals surface area contributed by atoms with E-state index in [4.69, 9.17) is 0 Å². The van der Waals surface area contributed by atoms with Gasteiger partial charge in [0.25, 0.3) is 11.8 Å². The van der Waals surface area contributed by atoms with Crippen LogP contribution in [0.5, 0.6) is 0 Å². The first kappa shape index (κ1) is 23.3. The normalized spacial score (nSPS) is 15.1. The Morgan fingerprint density at radius 3 is 2.41 bits per heavy atom. The van der Waals surface area contributed by atoms with Crippen molar-refractivity contribution in [3.05, 3.63) is 114 Å². The van der Waals surface area contributed by atoms with E-state index in [-0.39, 0.29) is 23.1 Å². The van der Waals surface area contributed by atoms with Crippen LogP contribution in [0.3, 0.4) is 0 Å². The molecule has 1 atom stereocenters. The molecule has 1 aliphatic rings. The molecule has 2 N–H and O–H groups in total. The lowest BCUT2D eigenvalue weighted by atomic mass is 10.1. The number of carbonyl (C=O) groups is 3. The van der Waals surface area contributed by atoms with Crippen LogP contribution in [0.15, 0.2) is 91.5 Å². The summed E-state index contributed by atoms with van der Waals surface area (Å²) >= 11 is 1.58. The van der Waals surface area contributed by atoms with Crippen LogP contribution in [0.4, 0.5) is 5.69 Å². The van der Waals surface area contributed by atoms with E-state index in [9.17, 15) is 14.4 Å². The molecule has 1 fully saturated rings. The molecule has 34 heavy (non-hydrogen) atoms. The van der Waals surface area contributed by atoms with Crippen LogP contribution < -0.4 is 10.6 Å². The summed E-state index contributed by atoms with van der Waals surface area (Å²) < 4.78 is 0. The molecule has 0 unspecified atom stereocenters. The predicted octanol–water partition coefficient (Wildman–Crippen LogP) is 4.63. The molecule has 6 nitrogen and oxygen atoms in total. The molecule has 0 bridgehead atoms. The number of anilines is 1. The number of carbonyl (C=O) groups excluding carboxylic acids is 3. The maximum Gasteiger partial charge on any atom is 0.255 e. The van der Waals surface area contributed by atoms with Crippen LogP contribution in [-0.4, -0.2) is 34.9 Å². The van der Waals surface area contributed by atoms with Gasteiger partial charge in [-0.1, -0.05) is 60.7 Å². The zero-order valence-electron chi connectivity index (χ0n) is 18.6. The van der Waals surface area contributed by atoms with Crippen molar-refractivity contribution in [3.8, 4) is 0 Å². The molecule has 1 aliphatic heterocycles. The summed E-state index contributed by atoms with van der Waals surface area (Å²) in [6, 6.07) is 24.0. The van der Waals surface area contributed by atoms with Gasteiger partial charge in [0.05, 0.1) is 17.0 Å². The third-order valence-electron chi connectivity index (χ3n) is 5.45. The number of benzene rings is 3. The average molecular weight is 472 g/mol. The van der Waals surface area contributed by atoms with Crippen molar-refractivity contribution in [2.75, 3.05) is 17.6 Å². The average Bonchev–Trinajstić information content (AvgIpc) is 3.23. The zero-order valence-corrected chi connectivity index (χ0v) is 19.4. The van der Waals surface area contributed by atoms with Gasteiger partial charge in [0.1, 0.15) is 5.37 Å². The molecule has 1 saturated heterocycles. The fourth-order valence-electron chi connectivity index (χ4n) is 3.73. The quantitative estimate of drug-likeness (QED) is 0.470. The van der Waals surface area contributed by atoms with Gasteiger partial charge >= 0.3 is 0 Å². The summed E-state index contributed by atoms with van der Waals surface area (Å²) in [6.45, 7) is 4.48. The second-order valence-electron chi connectivity index (χ2n) is 7.79. The lowest BCUT2D eigenvalue weighted by Gasteiger charge is -2.24. The van der Waals surface area contributed by atoms with E-state index < -0.39 is 0 Å². The zero-order chi connectivity index (χ0) is 23.9. The largest absolute Gasteiger partial charge is 0.349 e. The minimum absolute atomic E-state index is 0.0981. The van der Waals surface area contributed by atoms with E-state index in [1.165, 1.54) is 0 Å². The molecule has 3 aromatic rings. The van der Waals surface area contributed by atoms with Gasteiger partial charge in [-0.2, -0.15) is 0 Å². The Balaban J connectivity index is 1.47. The molecular weight excluding hydrogens is 446 g/mol. The molecule has 4 rings (SSSR count). The Kier molecular flexibility index (Phi) is 7.44. The summed E-state index contributed by atoms with van der Waals surface area (Å²) in [5, 5.41) is 5.45. The minimum Gasteiger partial charge on any atom is -0.349 e. The van der Waals surface area contributed by atoms with Gasteiger partial charge in [0.2, 0.25) is 5.91 Å². The number of amides is 3. The van der Waals surface area contributed by atoms with Crippen LogP contribution in [0, 0.1) is 0 Å². The maximum atomic E-state index is 12.9. The van der Waals surface area contributed by atoms with Gasteiger partial charge in [0, 0.05) is 18.7 Å². The van der Waals surface area contributed by atoms with E-state index in [1.54, 1.807) is 54.2 Å². The van der Waals surface area contributed by atoms with Crippen LogP contribution in [-0.2, 0) is 11.3 Å². The number of para-hydroxylation sites is 1. The summed E-state index contributed by atoms with van der Waals surface area (Å²) in [5.41, 5.74) is 3.33. The van der Waals surface area contributed by atoms with E-state index >= 15 is 0 Å². The van der Waals surface area contributed by atoms with Crippen molar-refractivity contribution in [2.24, 2.45) is 0 Å². The molecule has 1 heterocycles. The fourth-order valence-corrected chi connectivity index (χ4v) is 4.91. The SMILES string of the molecule is C=CCNC(=O)c1ccccc1NC(=O)c1ccc([C@@H]2SCC(=O)N2Cc2ccccc2)cc1. The third kappa shape index (κ3) is 5.38. The van der Waals surface area contributed by atoms with E-state index in [0.29, 0.717) is 35.7 Å². The van der Waals surface area contributed by atoms with Gasteiger partial charge in [-0.15, -0.1) is 18.3 Å². The van der Waals surface area contributed by atoms with Gasteiger partial charge in [0.15, 0.2) is 0 Å². The maximum absolute atomic E-state index is 12.9. The van der Waals surface area contributed by atoms with Gasteiger partial charge in [-0.05, 0) is 35.4 Å². The monoisotopic (exact) mass is 471 g/mol.